The Morgan fingerprint density at radius 3 is 1.88 bits per heavy atom. The molecule has 1 rings (SSSR count). The normalized spacial score (nSPS) is 21.8. The molecule has 2 nitrogen and oxygen atoms in total. The van der Waals surface area contributed by atoms with Crippen molar-refractivity contribution in [2.75, 3.05) is 6.61 Å². The fraction of sp³-hybridized carbons (Fsp3) is 0.400. The van der Waals surface area contributed by atoms with Crippen molar-refractivity contribution in [3.63, 3.8) is 0 Å². The van der Waals surface area contributed by atoms with Crippen LogP contribution in [0, 0.1) is 5.41 Å². The van der Waals surface area contributed by atoms with E-state index < -0.39 is 0 Å². The van der Waals surface area contributed by atoms with Crippen LogP contribution < -0.4 is 0 Å². The summed E-state index contributed by atoms with van der Waals surface area (Å²) in [5.74, 6) is 0. The van der Waals surface area contributed by atoms with E-state index in [1.165, 1.54) is 22.3 Å². The van der Waals surface area contributed by atoms with Gasteiger partial charge in [0.15, 0.2) is 0 Å². The Morgan fingerprint density at radius 1 is 0.844 bits per heavy atom. The minimum atomic E-state index is -0.223. The van der Waals surface area contributed by atoms with Gasteiger partial charge in [0.2, 0.25) is 0 Å². The summed E-state index contributed by atoms with van der Waals surface area (Å²) in [5.41, 5.74) is 7.11. The molecule has 0 saturated heterocycles. The second kappa shape index (κ2) is 13.9. The van der Waals surface area contributed by atoms with Gasteiger partial charge < -0.3 is 10.2 Å². The van der Waals surface area contributed by atoms with Gasteiger partial charge in [0.05, 0.1) is 12.7 Å². The van der Waals surface area contributed by atoms with Gasteiger partial charge in [0.25, 0.3) is 0 Å². The summed E-state index contributed by atoms with van der Waals surface area (Å²) in [5, 5.41) is 19.0. The zero-order valence-electron chi connectivity index (χ0n) is 21.0. The third kappa shape index (κ3) is 10.7. The Bertz CT molecular complexity index is 893. The highest BCUT2D eigenvalue weighted by Gasteiger charge is 2.31. The van der Waals surface area contributed by atoms with E-state index in [0.29, 0.717) is 0 Å². The molecule has 1 unspecified atom stereocenters. The van der Waals surface area contributed by atoms with Crippen LogP contribution in [0.15, 0.2) is 106 Å². The highest BCUT2D eigenvalue weighted by Crippen LogP contribution is 2.41. The SMILES string of the molecule is CC(C=CC=C(C)C=CC1=C(C)CC(O)CC1(C)C)=CC=CC=C(C)C=CC=C(C)CO. The average Bonchev–Trinajstić information content (AvgIpc) is 2.69. The molecule has 0 radical (unpaired) electrons. The van der Waals surface area contributed by atoms with E-state index in [1.807, 2.05) is 37.3 Å². The molecule has 0 aromatic heterocycles. The molecule has 0 heterocycles. The van der Waals surface area contributed by atoms with Gasteiger partial charge in [-0.3, -0.25) is 0 Å². The third-order valence-corrected chi connectivity index (χ3v) is 5.53. The van der Waals surface area contributed by atoms with Gasteiger partial charge in [-0.05, 0) is 64.0 Å². The largest absolute Gasteiger partial charge is 0.393 e. The van der Waals surface area contributed by atoms with Crippen LogP contribution in [-0.2, 0) is 0 Å². The molecule has 1 atom stereocenters. The molecular formula is C30H42O2. The van der Waals surface area contributed by atoms with Crippen LogP contribution in [0.5, 0.6) is 0 Å². The summed E-state index contributed by atoms with van der Waals surface area (Å²) >= 11 is 0. The number of rotatable bonds is 9. The van der Waals surface area contributed by atoms with Gasteiger partial charge in [0.1, 0.15) is 0 Å². The van der Waals surface area contributed by atoms with E-state index in [4.69, 9.17) is 5.11 Å². The molecule has 0 spiro atoms. The second-order valence-corrected chi connectivity index (χ2v) is 9.48. The van der Waals surface area contributed by atoms with Crippen LogP contribution in [0.25, 0.3) is 0 Å². The van der Waals surface area contributed by atoms with Gasteiger partial charge in [-0.1, -0.05) is 109 Å². The molecule has 0 bridgehead atoms. The van der Waals surface area contributed by atoms with Crippen LogP contribution in [0.4, 0.5) is 0 Å². The van der Waals surface area contributed by atoms with Crippen LogP contribution in [0.2, 0.25) is 0 Å². The number of hydrogen-bond donors (Lipinski definition) is 2. The molecule has 0 aromatic rings. The molecule has 0 saturated carbocycles. The minimum Gasteiger partial charge on any atom is -0.393 e. The van der Waals surface area contributed by atoms with Crippen molar-refractivity contribution in [2.24, 2.45) is 5.41 Å². The van der Waals surface area contributed by atoms with Gasteiger partial charge in [-0.25, -0.2) is 0 Å². The average molecular weight is 435 g/mol. The first-order valence-corrected chi connectivity index (χ1v) is 11.4. The number of hydrogen-bond acceptors (Lipinski definition) is 2. The van der Waals surface area contributed by atoms with Crippen molar-refractivity contribution < 1.29 is 10.2 Å². The summed E-state index contributed by atoms with van der Waals surface area (Å²) in [4.78, 5) is 0. The van der Waals surface area contributed by atoms with E-state index in [2.05, 4.69) is 84.1 Å². The lowest BCUT2D eigenvalue weighted by Gasteiger charge is -2.35. The molecule has 0 amide bonds. The number of aliphatic hydroxyl groups is 2. The molecule has 32 heavy (non-hydrogen) atoms. The second-order valence-electron chi connectivity index (χ2n) is 9.48. The Labute approximate surface area is 196 Å². The maximum atomic E-state index is 10.0. The molecule has 174 valence electrons. The van der Waals surface area contributed by atoms with Crippen molar-refractivity contribution >= 4 is 0 Å². The molecule has 0 aliphatic heterocycles. The van der Waals surface area contributed by atoms with Gasteiger partial charge in [-0.2, -0.15) is 0 Å². The van der Waals surface area contributed by atoms with Crippen molar-refractivity contribution in [1.29, 1.82) is 0 Å². The maximum absolute atomic E-state index is 10.0. The standard InChI is InChI=1S/C30H42O2/c1-23(12-8-9-13-24(2)15-11-17-26(4)22-31)14-10-16-25(3)18-19-29-27(5)20-28(32)21-30(29,6)7/h8-19,28,31-32H,20-22H2,1-7H3. The zero-order chi connectivity index (χ0) is 24.1. The highest BCUT2D eigenvalue weighted by molar-refractivity contribution is 5.38. The van der Waals surface area contributed by atoms with Gasteiger partial charge in [0, 0.05) is 0 Å². The first-order valence-electron chi connectivity index (χ1n) is 11.4. The maximum Gasteiger partial charge on any atom is 0.0642 e. The van der Waals surface area contributed by atoms with Gasteiger partial charge >= 0.3 is 0 Å². The summed E-state index contributed by atoms with van der Waals surface area (Å²) < 4.78 is 0. The lowest BCUT2D eigenvalue weighted by atomic mass is 9.71. The van der Waals surface area contributed by atoms with E-state index in [0.717, 1.165) is 24.0 Å². The van der Waals surface area contributed by atoms with E-state index >= 15 is 0 Å². The zero-order valence-corrected chi connectivity index (χ0v) is 21.0. The minimum absolute atomic E-state index is 0.0116. The van der Waals surface area contributed by atoms with E-state index in [1.54, 1.807) is 0 Å². The third-order valence-electron chi connectivity index (χ3n) is 5.53. The van der Waals surface area contributed by atoms with Crippen molar-refractivity contribution in [2.45, 2.75) is 67.4 Å². The lowest BCUT2D eigenvalue weighted by molar-refractivity contribution is 0.116. The monoisotopic (exact) mass is 434 g/mol. The molecule has 1 aliphatic carbocycles. The van der Waals surface area contributed by atoms with Crippen LogP contribution in [-0.4, -0.2) is 22.9 Å². The number of aliphatic hydroxyl groups excluding tert-OH is 2. The van der Waals surface area contributed by atoms with E-state index in [9.17, 15) is 5.11 Å². The fourth-order valence-electron chi connectivity index (χ4n) is 3.74. The summed E-state index contributed by atoms with van der Waals surface area (Å²) in [6.07, 6.45) is 26.2. The molecule has 2 heteroatoms. The Morgan fingerprint density at radius 2 is 1.34 bits per heavy atom. The first-order chi connectivity index (χ1) is 15.0. The molecule has 0 aromatic carbocycles. The Kier molecular flexibility index (Phi) is 12.0. The predicted octanol–water partition coefficient (Wildman–Crippen LogP) is 7.49. The lowest BCUT2D eigenvalue weighted by Crippen LogP contribution is -2.28. The summed E-state index contributed by atoms with van der Waals surface area (Å²) in [6.45, 7) is 14.8. The smallest absolute Gasteiger partial charge is 0.0642 e. The Hall–Kier alpha value is -2.42. The topological polar surface area (TPSA) is 40.5 Å². The molecule has 2 N–H and O–H groups in total. The summed E-state index contributed by atoms with van der Waals surface area (Å²) in [7, 11) is 0. The van der Waals surface area contributed by atoms with Crippen LogP contribution in [0.1, 0.15) is 61.3 Å². The van der Waals surface area contributed by atoms with Crippen LogP contribution in [0.3, 0.4) is 0 Å². The molecule has 0 fully saturated rings. The van der Waals surface area contributed by atoms with Crippen molar-refractivity contribution in [3.8, 4) is 0 Å². The van der Waals surface area contributed by atoms with Crippen molar-refractivity contribution in [3.05, 3.63) is 106 Å². The summed E-state index contributed by atoms with van der Waals surface area (Å²) in [6, 6.07) is 0. The van der Waals surface area contributed by atoms with Crippen molar-refractivity contribution in [1.82, 2.24) is 0 Å². The molecular weight excluding hydrogens is 392 g/mol. The Balaban J connectivity index is 2.67. The van der Waals surface area contributed by atoms with Gasteiger partial charge in [-0.15, -0.1) is 0 Å². The van der Waals surface area contributed by atoms with Crippen LogP contribution >= 0.6 is 0 Å². The fourth-order valence-corrected chi connectivity index (χ4v) is 3.74. The number of allylic oxidation sites excluding steroid dienone is 16. The first kappa shape index (κ1) is 27.6. The predicted molar refractivity (Wildman–Crippen MR) is 140 cm³/mol. The highest BCUT2D eigenvalue weighted by atomic mass is 16.3. The van der Waals surface area contributed by atoms with E-state index in [-0.39, 0.29) is 18.1 Å². The molecule has 1 aliphatic rings. The quantitative estimate of drug-likeness (QED) is 0.369.